The van der Waals surface area contributed by atoms with Gasteiger partial charge in [0.05, 0.1) is 6.21 Å². The lowest BCUT2D eigenvalue weighted by atomic mass is 10.2. The van der Waals surface area contributed by atoms with Gasteiger partial charge in [-0.2, -0.15) is 5.10 Å². The van der Waals surface area contributed by atoms with Gasteiger partial charge in [0.25, 0.3) is 5.91 Å². The molecule has 0 fully saturated rings. The predicted molar refractivity (Wildman–Crippen MR) is 114 cm³/mol. The molecule has 0 unspecified atom stereocenters. The second kappa shape index (κ2) is 12.0. The van der Waals surface area contributed by atoms with Crippen LogP contribution in [0.4, 0.5) is 0 Å². The summed E-state index contributed by atoms with van der Waals surface area (Å²) in [5.41, 5.74) is 3.93. The first-order valence-corrected chi connectivity index (χ1v) is 9.69. The summed E-state index contributed by atoms with van der Waals surface area (Å²) in [7, 11) is 0. The summed E-state index contributed by atoms with van der Waals surface area (Å²) in [6, 6.07) is 16.4. The number of rotatable bonds is 9. The molecule has 8 nitrogen and oxygen atoms in total. The minimum Gasteiger partial charge on any atom is -0.484 e. The summed E-state index contributed by atoms with van der Waals surface area (Å²) >= 11 is 0. The summed E-state index contributed by atoms with van der Waals surface area (Å²) < 4.78 is 5.46. The number of amides is 3. The van der Waals surface area contributed by atoms with E-state index >= 15 is 0 Å². The number of hydrogen-bond acceptors (Lipinski definition) is 5. The maximum atomic E-state index is 11.9. The first-order valence-electron chi connectivity index (χ1n) is 9.69. The van der Waals surface area contributed by atoms with Gasteiger partial charge in [0, 0.05) is 19.6 Å². The van der Waals surface area contributed by atoms with Gasteiger partial charge in [-0.3, -0.25) is 14.4 Å². The molecular weight excluding hydrogens is 384 g/mol. The van der Waals surface area contributed by atoms with Crippen molar-refractivity contribution in [1.29, 1.82) is 0 Å². The van der Waals surface area contributed by atoms with E-state index in [0.29, 0.717) is 30.9 Å². The van der Waals surface area contributed by atoms with E-state index in [0.717, 1.165) is 5.56 Å². The lowest BCUT2D eigenvalue weighted by molar-refractivity contribution is -0.145. The lowest BCUT2D eigenvalue weighted by Crippen LogP contribution is -2.41. The fourth-order valence-corrected chi connectivity index (χ4v) is 2.51. The predicted octanol–water partition coefficient (Wildman–Crippen LogP) is 1.70. The van der Waals surface area contributed by atoms with Gasteiger partial charge in [-0.05, 0) is 49.2 Å². The van der Waals surface area contributed by atoms with Crippen molar-refractivity contribution in [1.82, 2.24) is 15.6 Å². The van der Waals surface area contributed by atoms with Crippen molar-refractivity contribution in [3.8, 4) is 5.75 Å². The molecule has 2 N–H and O–H groups in total. The first-order chi connectivity index (χ1) is 14.5. The number of ether oxygens (including phenoxy) is 1. The van der Waals surface area contributed by atoms with Crippen LogP contribution in [0.3, 0.4) is 0 Å². The molecule has 0 aliphatic carbocycles. The van der Waals surface area contributed by atoms with Crippen LogP contribution in [-0.4, -0.2) is 48.5 Å². The number of likely N-dealkylation sites (N-methyl/N-ethyl adjacent to an activating group) is 1. The van der Waals surface area contributed by atoms with E-state index in [1.807, 2.05) is 30.3 Å². The van der Waals surface area contributed by atoms with Crippen molar-refractivity contribution in [2.24, 2.45) is 5.10 Å². The number of hydrazone groups is 1. The Bertz CT molecular complexity index is 862. The number of carbonyl (C=O) groups is 3. The minimum absolute atomic E-state index is 0.0935. The minimum atomic E-state index is -0.781. The number of carbonyl (C=O) groups excluding carboxylic acids is 3. The topological polar surface area (TPSA) is 100 Å². The maximum absolute atomic E-state index is 11.9. The van der Waals surface area contributed by atoms with Crippen molar-refractivity contribution in [2.75, 3.05) is 19.7 Å². The molecule has 0 heterocycles. The van der Waals surface area contributed by atoms with E-state index in [4.69, 9.17) is 4.74 Å². The van der Waals surface area contributed by atoms with E-state index in [1.165, 1.54) is 11.1 Å². The molecule has 0 bridgehead atoms. The number of nitrogens with zero attached hydrogens (tertiary/aromatic N) is 2. The van der Waals surface area contributed by atoms with Gasteiger partial charge in [-0.15, -0.1) is 0 Å². The molecule has 0 saturated heterocycles. The highest BCUT2D eigenvalue weighted by Crippen LogP contribution is 2.11. The van der Waals surface area contributed by atoms with Crippen LogP contribution in [0.1, 0.15) is 25.0 Å². The molecule has 0 spiro atoms. The molecule has 8 heteroatoms. The van der Waals surface area contributed by atoms with Crippen LogP contribution in [0, 0.1) is 0 Å². The summed E-state index contributed by atoms with van der Waals surface area (Å²) in [5.74, 6) is -1.09. The Labute approximate surface area is 175 Å². The zero-order valence-corrected chi connectivity index (χ0v) is 17.1. The van der Waals surface area contributed by atoms with Crippen LogP contribution in [-0.2, 0) is 20.9 Å². The first kappa shape index (κ1) is 22.6. The normalized spacial score (nSPS) is 10.5. The summed E-state index contributed by atoms with van der Waals surface area (Å²) in [4.78, 5) is 36.9. The number of hydrogen-bond donors (Lipinski definition) is 2. The Morgan fingerprint density at radius 3 is 2.30 bits per heavy atom. The smallest absolute Gasteiger partial charge is 0.329 e. The summed E-state index contributed by atoms with van der Waals surface area (Å²) in [6.45, 7) is 4.87. The van der Waals surface area contributed by atoms with E-state index in [9.17, 15) is 14.4 Å². The highest BCUT2D eigenvalue weighted by atomic mass is 16.5. The van der Waals surface area contributed by atoms with Gasteiger partial charge in [-0.25, -0.2) is 5.43 Å². The molecule has 0 aliphatic heterocycles. The Balaban J connectivity index is 1.75. The van der Waals surface area contributed by atoms with Crippen molar-refractivity contribution >= 4 is 23.9 Å². The van der Waals surface area contributed by atoms with Crippen molar-refractivity contribution in [3.05, 3.63) is 65.7 Å². The van der Waals surface area contributed by atoms with E-state index in [-0.39, 0.29) is 12.5 Å². The fourth-order valence-electron chi connectivity index (χ4n) is 2.51. The lowest BCUT2D eigenvalue weighted by Gasteiger charge is -2.16. The number of benzene rings is 2. The second-order valence-corrected chi connectivity index (χ2v) is 6.30. The molecule has 2 aromatic rings. The third kappa shape index (κ3) is 7.38. The van der Waals surface area contributed by atoms with Crippen molar-refractivity contribution in [2.45, 2.75) is 20.4 Å². The van der Waals surface area contributed by atoms with Crippen LogP contribution in [0.25, 0.3) is 0 Å². The van der Waals surface area contributed by atoms with E-state index < -0.39 is 11.8 Å². The van der Waals surface area contributed by atoms with E-state index in [2.05, 4.69) is 15.8 Å². The fraction of sp³-hybridized carbons (Fsp3) is 0.273. The molecule has 2 aromatic carbocycles. The molecule has 0 radical (unpaired) electrons. The molecule has 0 aliphatic rings. The van der Waals surface area contributed by atoms with Crippen molar-refractivity contribution in [3.63, 3.8) is 0 Å². The van der Waals surface area contributed by atoms with E-state index in [1.54, 1.807) is 38.1 Å². The summed E-state index contributed by atoms with van der Waals surface area (Å²) in [6.07, 6.45) is 1.42. The maximum Gasteiger partial charge on any atom is 0.329 e. The van der Waals surface area contributed by atoms with Gasteiger partial charge in [0.2, 0.25) is 0 Å². The van der Waals surface area contributed by atoms with Crippen LogP contribution in [0.15, 0.2) is 59.7 Å². The zero-order chi connectivity index (χ0) is 21.8. The van der Waals surface area contributed by atoms with Gasteiger partial charge < -0.3 is 15.0 Å². The van der Waals surface area contributed by atoms with Gasteiger partial charge in [0.1, 0.15) is 5.75 Å². The average molecular weight is 410 g/mol. The Kier molecular flexibility index (Phi) is 9.05. The standard InChI is InChI=1S/C22H26N4O4/c1-3-26(4-2)22(29)21(28)25-24-15-18-10-12-19(13-11-18)30-16-20(27)23-14-17-8-6-5-7-9-17/h5-13,15H,3-4,14,16H2,1-2H3,(H,23,27)(H,25,28)/b24-15-. The Morgan fingerprint density at radius 2 is 1.67 bits per heavy atom. The highest BCUT2D eigenvalue weighted by molar-refractivity contribution is 6.34. The highest BCUT2D eigenvalue weighted by Gasteiger charge is 2.18. The molecule has 30 heavy (non-hydrogen) atoms. The number of nitrogens with one attached hydrogen (secondary N) is 2. The molecular formula is C22H26N4O4. The Hall–Kier alpha value is -3.68. The van der Waals surface area contributed by atoms with Crippen LogP contribution < -0.4 is 15.5 Å². The molecule has 0 aromatic heterocycles. The SMILES string of the molecule is CCN(CC)C(=O)C(=O)N/N=C\c1ccc(OCC(=O)NCc2ccccc2)cc1. The molecule has 2 rings (SSSR count). The van der Waals surface area contributed by atoms with Crippen LogP contribution >= 0.6 is 0 Å². The third-order valence-electron chi connectivity index (χ3n) is 4.21. The molecule has 0 atom stereocenters. The Morgan fingerprint density at radius 1 is 1.00 bits per heavy atom. The van der Waals surface area contributed by atoms with Crippen LogP contribution in [0.5, 0.6) is 5.75 Å². The molecule has 0 saturated carbocycles. The zero-order valence-electron chi connectivity index (χ0n) is 17.1. The van der Waals surface area contributed by atoms with Gasteiger partial charge >= 0.3 is 11.8 Å². The quantitative estimate of drug-likeness (QED) is 0.373. The second-order valence-electron chi connectivity index (χ2n) is 6.30. The van der Waals surface area contributed by atoms with Gasteiger partial charge in [-0.1, -0.05) is 30.3 Å². The third-order valence-corrected chi connectivity index (χ3v) is 4.21. The average Bonchev–Trinajstić information content (AvgIpc) is 2.78. The molecule has 158 valence electrons. The largest absolute Gasteiger partial charge is 0.484 e. The molecule has 3 amide bonds. The summed E-state index contributed by atoms with van der Waals surface area (Å²) in [5, 5.41) is 6.58. The van der Waals surface area contributed by atoms with Gasteiger partial charge in [0.15, 0.2) is 6.61 Å². The van der Waals surface area contributed by atoms with Crippen molar-refractivity contribution < 1.29 is 19.1 Å². The monoisotopic (exact) mass is 410 g/mol. The van der Waals surface area contributed by atoms with Crippen LogP contribution in [0.2, 0.25) is 0 Å².